The number of aryl methyl sites for hydroxylation is 1. The summed E-state index contributed by atoms with van der Waals surface area (Å²) in [5, 5.41) is 10.2. The number of hydrogen-bond donors (Lipinski definition) is 2. The molecule has 3 N–H and O–H groups in total. The lowest BCUT2D eigenvalue weighted by Crippen LogP contribution is -2.50. The molecule has 9 nitrogen and oxygen atoms in total. The number of aromatic nitrogens is 2. The molecule has 2 aromatic rings. The molecule has 0 unspecified atom stereocenters. The van der Waals surface area contributed by atoms with Gasteiger partial charge in [0, 0.05) is 17.3 Å². The Balaban J connectivity index is 1.89. The number of pyridine rings is 2. The molecule has 34 heavy (non-hydrogen) atoms. The predicted octanol–water partition coefficient (Wildman–Crippen LogP) is 3.57. The van der Waals surface area contributed by atoms with Crippen LogP contribution >= 0.6 is 0 Å². The zero-order valence-corrected chi connectivity index (χ0v) is 21.8. The van der Waals surface area contributed by atoms with Gasteiger partial charge in [-0.15, -0.1) is 0 Å². The smallest absolute Gasteiger partial charge is 0.410 e. The molecule has 10 heteroatoms. The highest BCUT2D eigenvalue weighted by Gasteiger charge is 2.42. The molecule has 1 aliphatic heterocycles. The zero-order valence-electron chi connectivity index (χ0n) is 20.8. The Bertz CT molecular complexity index is 1030. The average Bonchev–Trinajstić information content (AvgIpc) is 2.71. The van der Waals surface area contributed by atoms with Crippen LogP contribution in [0.5, 0.6) is 11.6 Å². The van der Waals surface area contributed by atoms with Crippen LogP contribution in [0.1, 0.15) is 32.2 Å². The summed E-state index contributed by atoms with van der Waals surface area (Å²) < 4.78 is 22.6. The first kappa shape index (κ1) is 26.1. The normalized spacial score (nSPS) is 15.5. The number of nitrogens with zero attached hydrogens (tertiary/aromatic N) is 2. The Morgan fingerprint density at radius 1 is 1.24 bits per heavy atom. The van der Waals surface area contributed by atoms with Gasteiger partial charge in [-0.05, 0) is 42.8 Å². The highest BCUT2D eigenvalue weighted by Crippen LogP contribution is 2.37. The van der Waals surface area contributed by atoms with E-state index in [1.165, 1.54) is 6.20 Å². The van der Waals surface area contributed by atoms with Gasteiger partial charge in [-0.3, -0.25) is 4.98 Å². The van der Waals surface area contributed by atoms with Crippen molar-refractivity contribution in [3.05, 3.63) is 35.8 Å². The van der Waals surface area contributed by atoms with Crippen molar-refractivity contribution in [2.45, 2.75) is 51.2 Å². The van der Waals surface area contributed by atoms with E-state index in [1.807, 2.05) is 13.0 Å². The largest absolute Gasteiger partial charge is 0.475 e. The molecule has 1 saturated heterocycles. The standard InChI is InChI=1S/C24H35N3O6Si/c1-16-19(11-18(12-26-16)33-22(25)29)17-9-20(24(13-28)14-30-15-24)27-21(10-17)31-7-8-32-34(5,6)23(2,3)4/h9-12,28H,7-8,13-15H2,1-6H3,(H2,25,29). The van der Waals surface area contributed by atoms with E-state index in [-0.39, 0.29) is 17.4 Å². The van der Waals surface area contributed by atoms with Crippen LogP contribution in [0, 0.1) is 6.92 Å². The second kappa shape index (κ2) is 9.99. The van der Waals surface area contributed by atoms with Crippen LogP contribution in [0.2, 0.25) is 18.1 Å². The minimum Gasteiger partial charge on any atom is -0.475 e. The van der Waals surface area contributed by atoms with Gasteiger partial charge < -0.3 is 29.5 Å². The van der Waals surface area contributed by atoms with Gasteiger partial charge in [-0.25, -0.2) is 9.78 Å². The summed E-state index contributed by atoms with van der Waals surface area (Å²) in [5.41, 5.74) is 7.46. The first-order chi connectivity index (χ1) is 15.9. The fourth-order valence-corrected chi connectivity index (χ4v) is 4.34. The van der Waals surface area contributed by atoms with Gasteiger partial charge in [0.15, 0.2) is 14.1 Å². The number of primary amides is 1. The minimum absolute atomic E-state index is 0.0978. The SMILES string of the molecule is Cc1ncc(OC(N)=O)cc1-c1cc(OCCO[Si](C)(C)C(C)(C)C)nc(C2(CO)COC2)c1. The fourth-order valence-electron chi connectivity index (χ4n) is 3.31. The summed E-state index contributed by atoms with van der Waals surface area (Å²) in [5.74, 6) is 0.646. The van der Waals surface area contributed by atoms with Crippen molar-refractivity contribution in [3.8, 4) is 22.8 Å². The third-order valence-electron chi connectivity index (χ3n) is 6.60. The molecule has 186 valence electrons. The number of ether oxygens (including phenoxy) is 3. The molecule has 0 aromatic carbocycles. The summed E-state index contributed by atoms with van der Waals surface area (Å²) in [6.07, 6.45) is 0.527. The number of rotatable bonds is 9. The van der Waals surface area contributed by atoms with Gasteiger partial charge in [0.25, 0.3) is 0 Å². The summed E-state index contributed by atoms with van der Waals surface area (Å²) in [6.45, 7) is 14.3. The highest BCUT2D eigenvalue weighted by atomic mass is 28.4. The molecular formula is C24H35N3O6Si. The number of aliphatic hydroxyl groups is 1. The Labute approximate surface area is 201 Å². The van der Waals surface area contributed by atoms with Crippen molar-refractivity contribution in [2.75, 3.05) is 33.0 Å². The van der Waals surface area contributed by atoms with E-state index in [1.54, 1.807) is 12.1 Å². The number of carbonyl (C=O) groups is 1. The van der Waals surface area contributed by atoms with E-state index in [0.717, 1.165) is 16.8 Å². The van der Waals surface area contributed by atoms with Crippen LogP contribution in [-0.2, 0) is 14.6 Å². The van der Waals surface area contributed by atoms with Gasteiger partial charge >= 0.3 is 6.09 Å². The molecule has 3 rings (SSSR count). The van der Waals surface area contributed by atoms with Crippen molar-refractivity contribution in [2.24, 2.45) is 5.73 Å². The van der Waals surface area contributed by atoms with Crippen LogP contribution in [0.15, 0.2) is 24.4 Å². The number of hydrogen-bond acceptors (Lipinski definition) is 8. The van der Waals surface area contributed by atoms with Gasteiger partial charge in [0.05, 0.1) is 43.7 Å². The van der Waals surface area contributed by atoms with E-state index in [0.29, 0.717) is 38.0 Å². The third kappa shape index (κ3) is 5.75. The molecule has 0 spiro atoms. The summed E-state index contributed by atoms with van der Waals surface area (Å²) in [7, 11) is -1.89. The van der Waals surface area contributed by atoms with Crippen molar-refractivity contribution in [1.29, 1.82) is 0 Å². The topological polar surface area (TPSA) is 126 Å². The maximum absolute atomic E-state index is 11.2. The van der Waals surface area contributed by atoms with Crippen LogP contribution in [0.4, 0.5) is 4.79 Å². The number of carbonyl (C=O) groups excluding carboxylic acids is 1. The zero-order chi connectivity index (χ0) is 25.1. The molecule has 0 saturated carbocycles. The predicted molar refractivity (Wildman–Crippen MR) is 131 cm³/mol. The lowest BCUT2D eigenvalue weighted by Gasteiger charge is -2.39. The van der Waals surface area contributed by atoms with E-state index in [2.05, 4.69) is 43.8 Å². The van der Waals surface area contributed by atoms with Crippen LogP contribution in [-0.4, -0.2) is 62.5 Å². The maximum atomic E-state index is 11.2. The molecule has 3 heterocycles. The molecular weight excluding hydrogens is 454 g/mol. The number of aliphatic hydroxyl groups excluding tert-OH is 1. The van der Waals surface area contributed by atoms with Gasteiger partial charge in [0.1, 0.15) is 6.61 Å². The Kier molecular flexibility index (Phi) is 7.66. The maximum Gasteiger partial charge on any atom is 0.410 e. The lowest BCUT2D eigenvalue weighted by molar-refractivity contribution is -0.0863. The summed E-state index contributed by atoms with van der Waals surface area (Å²) >= 11 is 0. The molecule has 0 radical (unpaired) electrons. The van der Waals surface area contributed by atoms with Crippen LogP contribution in [0.3, 0.4) is 0 Å². The van der Waals surface area contributed by atoms with Gasteiger partial charge in [0.2, 0.25) is 5.88 Å². The van der Waals surface area contributed by atoms with E-state index in [4.69, 9.17) is 24.4 Å². The quantitative estimate of drug-likeness (QED) is 0.404. The summed E-state index contributed by atoms with van der Waals surface area (Å²) in [6, 6.07) is 5.38. The van der Waals surface area contributed by atoms with E-state index >= 15 is 0 Å². The van der Waals surface area contributed by atoms with E-state index in [9.17, 15) is 9.90 Å². The first-order valence-electron chi connectivity index (χ1n) is 11.3. The number of nitrogens with two attached hydrogens (primary N) is 1. The molecule has 1 fully saturated rings. The Morgan fingerprint density at radius 3 is 2.50 bits per heavy atom. The van der Waals surface area contributed by atoms with Crippen molar-refractivity contribution in [1.82, 2.24) is 9.97 Å². The Morgan fingerprint density at radius 2 is 1.94 bits per heavy atom. The van der Waals surface area contributed by atoms with Crippen molar-refractivity contribution >= 4 is 14.4 Å². The van der Waals surface area contributed by atoms with Crippen molar-refractivity contribution in [3.63, 3.8) is 0 Å². The monoisotopic (exact) mass is 489 g/mol. The first-order valence-corrected chi connectivity index (χ1v) is 14.2. The van der Waals surface area contributed by atoms with Gasteiger partial charge in [-0.2, -0.15) is 0 Å². The van der Waals surface area contributed by atoms with Crippen LogP contribution in [0.25, 0.3) is 11.1 Å². The molecule has 1 amide bonds. The Hall–Kier alpha value is -2.53. The third-order valence-corrected chi connectivity index (χ3v) is 11.1. The summed E-state index contributed by atoms with van der Waals surface area (Å²) in [4.78, 5) is 20.2. The molecule has 0 atom stereocenters. The fraction of sp³-hybridized carbons (Fsp3) is 0.542. The second-order valence-corrected chi connectivity index (χ2v) is 15.0. The van der Waals surface area contributed by atoms with Crippen LogP contribution < -0.4 is 15.2 Å². The lowest BCUT2D eigenvalue weighted by atomic mass is 9.82. The molecule has 2 aromatic heterocycles. The van der Waals surface area contributed by atoms with E-state index < -0.39 is 19.8 Å². The second-order valence-electron chi connectivity index (χ2n) is 10.2. The highest BCUT2D eigenvalue weighted by molar-refractivity contribution is 6.74. The average molecular weight is 490 g/mol. The molecule has 1 aliphatic rings. The molecule has 0 aliphatic carbocycles. The minimum atomic E-state index is -1.89. The van der Waals surface area contributed by atoms with Gasteiger partial charge in [-0.1, -0.05) is 20.8 Å². The van der Waals surface area contributed by atoms with Crippen molar-refractivity contribution < 1.29 is 28.5 Å². The number of amides is 1. The molecule has 0 bridgehead atoms.